The van der Waals surface area contributed by atoms with E-state index in [1.165, 1.54) is 10.9 Å². The van der Waals surface area contributed by atoms with Crippen LogP contribution in [0.5, 0.6) is 0 Å². The highest BCUT2D eigenvalue weighted by atomic mass is 79.9. The Morgan fingerprint density at radius 2 is 2.20 bits per heavy atom. The second-order valence-electron chi connectivity index (χ2n) is 4.79. The third kappa shape index (κ3) is 4.11. The van der Waals surface area contributed by atoms with E-state index < -0.39 is 0 Å². The zero-order valence-corrected chi connectivity index (χ0v) is 14.0. The molecule has 0 aliphatic rings. The Morgan fingerprint density at radius 3 is 2.80 bits per heavy atom. The first-order chi connectivity index (χ1) is 9.60. The molecule has 1 unspecified atom stereocenters. The van der Waals surface area contributed by atoms with Crippen molar-refractivity contribution < 1.29 is 4.39 Å². The first-order valence-electron chi connectivity index (χ1n) is 6.68. The lowest BCUT2D eigenvalue weighted by Crippen LogP contribution is -2.24. The van der Waals surface area contributed by atoms with Crippen LogP contribution in [0.3, 0.4) is 0 Å². The number of thiazole rings is 1. The summed E-state index contributed by atoms with van der Waals surface area (Å²) < 4.78 is 14.3. The van der Waals surface area contributed by atoms with Crippen LogP contribution >= 0.6 is 27.3 Å². The van der Waals surface area contributed by atoms with Crippen molar-refractivity contribution >= 4 is 27.3 Å². The maximum absolute atomic E-state index is 13.5. The van der Waals surface area contributed by atoms with Gasteiger partial charge in [0.1, 0.15) is 5.82 Å². The maximum atomic E-state index is 13.5. The molecule has 108 valence electrons. The molecule has 0 spiro atoms. The van der Waals surface area contributed by atoms with Crippen LogP contribution in [0, 0.1) is 12.7 Å². The predicted octanol–water partition coefficient (Wildman–Crippen LogP) is 4.64. The third-order valence-electron chi connectivity index (χ3n) is 3.10. The van der Waals surface area contributed by atoms with Crippen molar-refractivity contribution in [2.24, 2.45) is 0 Å². The van der Waals surface area contributed by atoms with E-state index in [0.29, 0.717) is 0 Å². The number of aromatic nitrogens is 1. The van der Waals surface area contributed by atoms with Gasteiger partial charge in [0.2, 0.25) is 0 Å². The molecule has 20 heavy (non-hydrogen) atoms. The van der Waals surface area contributed by atoms with E-state index in [9.17, 15) is 4.39 Å². The highest BCUT2D eigenvalue weighted by Crippen LogP contribution is 2.26. The van der Waals surface area contributed by atoms with Crippen LogP contribution in [-0.4, -0.2) is 11.5 Å². The van der Waals surface area contributed by atoms with Crippen LogP contribution in [0.2, 0.25) is 0 Å². The molecular weight excluding hydrogens is 339 g/mol. The van der Waals surface area contributed by atoms with Crippen molar-refractivity contribution in [2.45, 2.75) is 32.7 Å². The van der Waals surface area contributed by atoms with E-state index in [-0.39, 0.29) is 11.9 Å². The fraction of sp³-hybridized carbons (Fsp3) is 0.400. The summed E-state index contributed by atoms with van der Waals surface area (Å²) in [5.74, 6) is -0.204. The maximum Gasteiger partial charge on any atom is 0.124 e. The second kappa shape index (κ2) is 7.29. The average molecular weight is 357 g/mol. The van der Waals surface area contributed by atoms with Crippen molar-refractivity contribution in [3.05, 3.63) is 50.1 Å². The lowest BCUT2D eigenvalue weighted by Gasteiger charge is -2.18. The molecule has 0 saturated carbocycles. The minimum atomic E-state index is -0.204. The van der Waals surface area contributed by atoms with Crippen LogP contribution in [0.1, 0.15) is 35.5 Å². The molecule has 1 heterocycles. The third-order valence-corrected chi connectivity index (χ3v) is 4.60. The van der Waals surface area contributed by atoms with Crippen LogP contribution in [0.25, 0.3) is 0 Å². The SMILES string of the molecule is CCCNC(Cc1cc(F)cc(Br)c1)c1scnc1C. The van der Waals surface area contributed by atoms with Crippen molar-refractivity contribution in [3.63, 3.8) is 0 Å². The van der Waals surface area contributed by atoms with E-state index in [1.54, 1.807) is 17.4 Å². The summed E-state index contributed by atoms with van der Waals surface area (Å²) in [4.78, 5) is 5.55. The van der Waals surface area contributed by atoms with Crippen LogP contribution in [-0.2, 0) is 6.42 Å². The fourth-order valence-corrected chi connectivity index (χ4v) is 3.58. The van der Waals surface area contributed by atoms with Crippen LogP contribution in [0.15, 0.2) is 28.2 Å². The molecule has 0 radical (unpaired) electrons. The highest BCUT2D eigenvalue weighted by molar-refractivity contribution is 9.10. The molecule has 0 aliphatic carbocycles. The number of nitrogens with zero attached hydrogens (tertiary/aromatic N) is 1. The van der Waals surface area contributed by atoms with Gasteiger partial charge in [0, 0.05) is 15.4 Å². The van der Waals surface area contributed by atoms with Gasteiger partial charge in [-0.1, -0.05) is 22.9 Å². The van der Waals surface area contributed by atoms with E-state index in [4.69, 9.17) is 0 Å². The summed E-state index contributed by atoms with van der Waals surface area (Å²) >= 11 is 5.01. The molecule has 1 atom stereocenters. The predicted molar refractivity (Wildman–Crippen MR) is 85.7 cm³/mol. The van der Waals surface area contributed by atoms with Gasteiger partial charge < -0.3 is 5.32 Å². The molecule has 0 aliphatic heterocycles. The topological polar surface area (TPSA) is 24.9 Å². The van der Waals surface area contributed by atoms with Gasteiger partial charge in [0.15, 0.2) is 0 Å². The van der Waals surface area contributed by atoms with Gasteiger partial charge in [-0.2, -0.15) is 0 Å². The molecule has 1 aromatic carbocycles. The van der Waals surface area contributed by atoms with Gasteiger partial charge in [-0.15, -0.1) is 11.3 Å². The van der Waals surface area contributed by atoms with Gasteiger partial charge in [-0.05, 0) is 50.1 Å². The minimum Gasteiger partial charge on any atom is -0.309 e. The number of benzene rings is 1. The lowest BCUT2D eigenvalue weighted by atomic mass is 10.0. The van der Waals surface area contributed by atoms with Gasteiger partial charge in [-0.25, -0.2) is 9.37 Å². The molecule has 1 aromatic heterocycles. The zero-order valence-electron chi connectivity index (χ0n) is 11.6. The Hall–Kier alpha value is -0.780. The smallest absolute Gasteiger partial charge is 0.124 e. The van der Waals surface area contributed by atoms with Gasteiger partial charge in [-0.3, -0.25) is 0 Å². The van der Waals surface area contributed by atoms with E-state index in [1.807, 2.05) is 18.5 Å². The molecule has 0 bridgehead atoms. The summed E-state index contributed by atoms with van der Waals surface area (Å²) in [7, 11) is 0. The normalized spacial score (nSPS) is 12.6. The summed E-state index contributed by atoms with van der Waals surface area (Å²) in [6.45, 7) is 5.11. The quantitative estimate of drug-likeness (QED) is 0.815. The summed E-state index contributed by atoms with van der Waals surface area (Å²) in [6.07, 6.45) is 1.83. The molecule has 1 N–H and O–H groups in total. The summed E-state index contributed by atoms with van der Waals surface area (Å²) in [6, 6.07) is 5.24. The molecule has 2 rings (SSSR count). The van der Waals surface area contributed by atoms with Crippen LogP contribution in [0.4, 0.5) is 4.39 Å². The Bertz CT molecular complexity index is 551. The van der Waals surface area contributed by atoms with Gasteiger partial charge in [0.05, 0.1) is 11.2 Å². The average Bonchev–Trinajstić information content (AvgIpc) is 2.79. The van der Waals surface area contributed by atoms with Crippen molar-refractivity contribution in [1.82, 2.24) is 10.3 Å². The highest BCUT2D eigenvalue weighted by Gasteiger charge is 2.16. The molecule has 0 saturated heterocycles. The summed E-state index contributed by atoms with van der Waals surface area (Å²) in [5, 5.41) is 3.53. The van der Waals surface area contributed by atoms with Crippen LogP contribution < -0.4 is 5.32 Å². The Balaban J connectivity index is 2.21. The van der Waals surface area contributed by atoms with Crippen molar-refractivity contribution in [1.29, 1.82) is 0 Å². The first kappa shape index (κ1) is 15.6. The standard InChI is InChI=1S/C15H18BrFN2S/c1-3-4-18-14(15-10(2)19-9-20-15)7-11-5-12(16)8-13(17)6-11/h5-6,8-9,14,18H,3-4,7H2,1-2H3. The molecular formula is C15H18BrFN2S. The number of hydrogen-bond acceptors (Lipinski definition) is 3. The minimum absolute atomic E-state index is 0.191. The largest absolute Gasteiger partial charge is 0.309 e. The van der Waals surface area contributed by atoms with E-state index in [0.717, 1.165) is 35.1 Å². The second-order valence-corrected chi connectivity index (χ2v) is 6.59. The number of hydrogen-bond donors (Lipinski definition) is 1. The summed E-state index contributed by atoms with van der Waals surface area (Å²) in [5.41, 5.74) is 3.91. The van der Waals surface area contributed by atoms with E-state index in [2.05, 4.69) is 33.2 Å². The molecule has 0 fully saturated rings. The zero-order chi connectivity index (χ0) is 14.5. The van der Waals surface area contributed by atoms with E-state index >= 15 is 0 Å². The monoisotopic (exact) mass is 356 g/mol. The van der Waals surface area contributed by atoms with Gasteiger partial charge >= 0.3 is 0 Å². The number of halogens is 2. The fourth-order valence-electron chi connectivity index (χ4n) is 2.19. The Morgan fingerprint density at radius 1 is 1.40 bits per heavy atom. The number of rotatable bonds is 6. The van der Waals surface area contributed by atoms with Crippen molar-refractivity contribution in [2.75, 3.05) is 6.54 Å². The first-order valence-corrected chi connectivity index (χ1v) is 8.35. The molecule has 5 heteroatoms. The number of aryl methyl sites for hydroxylation is 1. The molecule has 2 aromatic rings. The Labute approximate surface area is 131 Å². The van der Waals surface area contributed by atoms with Gasteiger partial charge in [0.25, 0.3) is 0 Å². The molecule has 2 nitrogen and oxygen atoms in total. The lowest BCUT2D eigenvalue weighted by molar-refractivity contribution is 0.531. The Kier molecular flexibility index (Phi) is 5.69. The van der Waals surface area contributed by atoms with Crippen molar-refractivity contribution in [3.8, 4) is 0 Å². The number of nitrogens with one attached hydrogen (secondary N) is 1. The molecule has 0 amide bonds.